The van der Waals surface area contributed by atoms with Crippen LogP contribution < -0.4 is 15.2 Å². The molecule has 1 unspecified atom stereocenters. The number of amidine groups is 1. The van der Waals surface area contributed by atoms with Crippen LogP contribution in [0, 0.1) is 0 Å². The highest BCUT2D eigenvalue weighted by Gasteiger charge is 2.30. The number of carbonyl (C=O) groups is 1. The topological polar surface area (TPSA) is 83.1 Å². The van der Waals surface area contributed by atoms with Crippen LogP contribution >= 0.6 is 0 Å². The molecule has 6 heteroatoms. The quantitative estimate of drug-likeness (QED) is 0.831. The Morgan fingerprint density at radius 1 is 1.29 bits per heavy atom. The van der Waals surface area contributed by atoms with Crippen molar-refractivity contribution in [2.75, 3.05) is 14.2 Å². The molecule has 90 valence electrons. The smallest absolute Gasteiger partial charge is 0.296 e. The monoisotopic (exact) mass is 236 g/mol. The summed E-state index contributed by atoms with van der Waals surface area (Å²) in [4.78, 5) is 15.0. The second kappa shape index (κ2) is 4.32. The van der Waals surface area contributed by atoms with Gasteiger partial charge in [0.15, 0.2) is 11.5 Å². The number of hydrogen-bond acceptors (Lipinski definition) is 5. The first kappa shape index (κ1) is 11.3. The molecule has 0 saturated carbocycles. The van der Waals surface area contributed by atoms with E-state index in [2.05, 4.69) is 4.99 Å². The van der Waals surface area contributed by atoms with Gasteiger partial charge in [0.1, 0.15) is 0 Å². The number of amides is 1. The summed E-state index contributed by atoms with van der Waals surface area (Å²) in [5.41, 5.74) is 5.95. The van der Waals surface area contributed by atoms with Crippen molar-refractivity contribution >= 4 is 11.9 Å². The molecule has 1 aromatic rings. The van der Waals surface area contributed by atoms with Crippen molar-refractivity contribution in [3.63, 3.8) is 0 Å². The number of hydrogen-bond donors (Lipinski definition) is 1. The summed E-state index contributed by atoms with van der Waals surface area (Å²) in [6, 6.07) is 4.95. The van der Waals surface area contributed by atoms with Gasteiger partial charge < -0.3 is 19.9 Å². The third-order valence-electron chi connectivity index (χ3n) is 2.39. The minimum Gasteiger partial charge on any atom is -0.493 e. The van der Waals surface area contributed by atoms with Crippen molar-refractivity contribution in [3.05, 3.63) is 23.8 Å². The molecule has 1 aromatic carbocycles. The zero-order valence-corrected chi connectivity index (χ0v) is 9.47. The summed E-state index contributed by atoms with van der Waals surface area (Å²) < 4.78 is 15.4. The number of benzene rings is 1. The van der Waals surface area contributed by atoms with Crippen LogP contribution in [0.15, 0.2) is 23.2 Å². The summed E-state index contributed by atoms with van der Waals surface area (Å²) in [6.07, 6.45) is -0.796. The summed E-state index contributed by atoms with van der Waals surface area (Å²) in [7, 11) is 3.06. The summed E-state index contributed by atoms with van der Waals surface area (Å²) in [5, 5.41) is 0. The maximum absolute atomic E-state index is 11.5. The van der Waals surface area contributed by atoms with Gasteiger partial charge in [-0.25, -0.2) is 0 Å². The fourth-order valence-corrected chi connectivity index (χ4v) is 1.59. The van der Waals surface area contributed by atoms with Gasteiger partial charge in [0.2, 0.25) is 6.10 Å². The molecule has 0 aliphatic carbocycles. The molecule has 0 fully saturated rings. The van der Waals surface area contributed by atoms with E-state index in [1.807, 2.05) is 0 Å². The molecule has 1 atom stereocenters. The molecule has 0 saturated heterocycles. The van der Waals surface area contributed by atoms with Gasteiger partial charge in [-0.3, -0.25) is 4.79 Å². The average Bonchev–Trinajstić information content (AvgIpc) is 2.67. The third-order valence-corrected chi connectivity index (χ3v) is 2.39. The van der Waals surface area contributed by atoms with Gasteiger partial charge in [0, 0.05) is 5.56 Å². The molecule has 2 N–H and O–H groups in total. The van der Waals surface area contributed by atoms with E-state index in [0.717, 1.165) is 0 Å². The van der Waals surface area contributed by atoms with Gasteiger partial charge in [-0.15, -0.1) is 0 Å². The van der Waals surface area contributed by atoms with Crippen molar-refractivity contribution in [2.45, 2.75) is 6.10 Å². The molecule has 1 heterocycles. The van der Waals surface area contributed by atoms with Crippen LogP contribution in [0.2, 0.25) is 0 Å². The van der Waals surface area contributed by atoms with Crippen molar-refractivity contribution in [1.29, 1.82) is 0 Å². The Hall–Kier alpha value is -2.24. The van der Waals surface area contributed by atoms with Gasteiger partial charge in [0.05, 0.1) is 14.2 Å². The predicted octanol–water partition coefficient (Wildman–Crippen LogP) is 0.616. The van der Waals surface area contributed by atoms with Crippen LogP contribution in [0.5, 0.6) is 11.5 Å². The van der Waals surface area contributed by atoms with Crippen molar-refractivity contribution in [1.82, 2.24) is 0 Å². The highest BCUT2D eigenvalue weighted by molar-refractivity contribution is 5.98. The molecule has 1 aliphatic rings. The Labute approximate surface area is 98.0 Å². The number of ether oxygens (including phenoxy) is 3. The molecule has 17 heavy (non-hydrogen) atoms. The van der Waals surface area contributed by atoms with Crippen LogP contribution in [0.3, 0.4) is 0 Å². The standard InChI is InChI=1S/C11H12N2O4/c1-15-7-4-3-6(5-8(7)16-2)9-10(14)13-11(12)17-9/h3-5,9H,1-2H3,(H2,12,13,14). The van der Waals surface area contributed by atoms with Gasteiger partial charge >= 0.3 is 0 Å². The van der Waals surface area contributed by atoms with E-state index in [-0.39, 0.29) is 6.02 Å². The SMILES string of the molecule is COc1ccc(C2OC(N)=NC2=O)cc1OC. The summed E-state index contributed by atoms with van der Waals surface area (Å²) in [5.74, 6) is 0.678. The maximum atomic E-state index is 11.5. The van der Waals surface area contributed by atoms with E-state index in [1.165, 1.54) is 14.2 Å². The maximum Gasteiger partial charge on any atom is 0.296 e. The van der Waals surface area contributed by atoms with Crippen LogP contribution in [0.4, 0.5) is 0 Å². The van der Waals surface area contributed by atoms with Crippen molar-refractivity contribution in [3.8, 4) is 11.5 Å². The first-order valence-corrected chi connectivity index (χ1v) is 4.92. The molecule has 0 bridgehead atoms. The lowest BCUT2D eigenvalue weighted by Crippen LogP contribution is -2.14. The molecule has 0 spiro atoms. The average molecular weight is 236 g/mol. The number of nitrogens with two attached hydrogens (primary N) is 1. The number of methoxy groups -OCH3 is 2. The van der Waals surface area contributed by atoms with Crippen LogP contribution in [-0.2, 0) is 9.53 Å². The van der Waals surface area contributed by atoms with E-state index >= 15 is 0 Å². The van der Waals surface area contributed by atoms with E-state index in [4.69, 9.17) is 19.9 Å². The summed E-state index contributed by atoms with van der Waals surface area (Å²) >= 11 is 0. The predicted molar refractivity (Wildman–Crippen MR) is 60.0 cm³/mol. The van der Waals surface area contributed by atoms with E-state index in [0.29, 0.717) is 17.1 Å². The largest absolute Gasteiger partial charge is 0.493 e. The van der Waals surface area contributed by atoms with E-state index in [1.54, 1.807) is 18.2 Å². The second-order valence-electron chi connectivity index (χ2n) is 3.40. The Morgan fingerprint density at radius 3 is 2.53 bits per heavy atom. The second-order valence-corrected chi connectivity index (χ2v) is 3.40. The lowest BCUT2D eigenvalue weighted by Gasteiger charge is -2.12. The molecule has 0 radical (unpaired) electrons. The van der Waals surface area contributed by atoms with E-state index < -0.39 is 12.0 Å². The van der Waals surface area contributed by atoms with Gasteiger partial charge in [0.25, 0.3) is 11.9 Å². The minimum absolute atomic E-state index is 0.116. The molecule has 6 nitrogen and oxygen atoms in total. The van der Waals surface area contributed by atoms with Gasteiger partial charge in [-0.05, 0) is 12.1 Å². The number of rotatable bonds is 3. The normalized spacial score (nSPS) is 18.6. The first-order valence-electron chi connectivity index (χ1n) is 4.92. The zero-order chi connectivity index (χ0) is 12.4. The minimum atomic E-state index is -0.796. The Kier molecular flexibility index (Phi) is 2.86. The highest BCUT2D eigenvalue weighted by Crippen LogP contribution is 2.32. The van der Waals surface area contributed by atoms with Crippen molar-refractivity contribution < 1.29 is 19.0 Å². The molecule has 1 aliphatic heterocycles. The molecule has 0 aromatic heterocycles. The molecule has 2 rings (SSSR count). The van der Waals surface area contributed by atoms with Crippen LogP contribution in [0.25, 0.3) is 0 Å². The number of nitrogens with zero attached hydrogens (tertiary/aromatic N) is 1. The number of carbonyl (C=O) groups excluding carboxylic acids is 1. The lowest BCUT2D eigenvalue weighted by atomic mass is 10.1. The molecular weight excluding hydrogens is 224 g/mol. The van der Waals surface area contributed by atoms with Gasteiger partial charge in [-0.1, -0.05) is 6.07 Å². The highest BCUT2D eigenvalue weighted by atomic mass is 16.5. The van der Waals surface area contributed by atoms with Crippen LogP contribution in [0.1, 0.15) is 11.7 Å². The van der Waals surface area contributed by atoms with E-state index in [9.17, 15) is 4.79 Å². The molecular formula is C11H12N2O4. The Balaban J connectivity index is 2.32. The fourth-order valence-electron chi connectivity index (χ4n) is 1.59. The van der Waals surface area contributed by atoms with Gasteiger partial charge in [-0.2, -0.15) is 4.99 Å². The number of aliphatic imine (C=N–C) groups is 1. The fraction of sp³-hybridized carbons (Fsp3) is 0.273. The first-order chi connectivity index (χ1) is 8.15. The Morgan fingerprint density at radius 2 is 2.00 bits per heavy atom. The Bertz CT molecular complexity index is 484. The zero-order valence-electron chi connectivity index (χ0n) is 9.47. The summed E-state index contributed by atoms with van der Waals surface area (Å²) in [6.45, 7) is 0. The van der Waals surface area contributed by atoms with Crippen LogP contribution in [-0.4, -0.2) is 26.1 Å². The molecule has 1 amide bonds. The third kappa shape index (κ3) is 2.01. The lowest BCUT2D eigenvalue weighted by molar-refractivity contribution is -0.122. The van der Waals surface area contributed by atoms with Crippen molar-refractivity contribution in [2.24, 2.45) is 10.7 Å².